The third-order valence-corrected chi connectivity index (χ3v) is 5.56. The van der Waals surface area contributed by atoms with Crippen molar-refractivity contribution >= 4 is 11.9 Å². The van der Waals surface area contributed by atoms with Crippen molar-refractivity contribution in [3.05, 3.63) is 54.1 Å². The maximum atomic E-state index is 13.1. The number of halogens is 4. The van der Waals surface area contributed by atoms with Gasteiger partial charge in [0, 0.05) is 45.5 Å². The number of hydrogen-bond acceptors (Lipinski definition) is 6. The van der Waals surface area contributed by atoms with Gasteiger partial charge in [0.1, 0.15) is 5.82 Å². The topological polar surface area (TPSA) is 78.8 Å². The summed E-state index contributed by atoms with van der Waals surface area (Å²) in [7, 11) is 2.04. The second-order valence-corrected chi connectivity index (χ2v) is 7.90. The van der Waals surface area contributed by atoms with E-state index in [2.05, 4.69) is 19.8 Å². The number of benzene rings is 1. The van der Waals surface area contributed by atoms with Crippen LogP contribution in [0.3, 0.4) is 0 Å². The largest absolute Gasteiger partial charge is 0.490 e. The van der Waals surface area contributed by atoms with E-state index in [9.17, 15) is 17.6 Å². The number of likely N-dealkylation sites (tertiary alicyclic amines) is 1. The standard InChI is InChI=1S/C19H23FN4O.C2HF3O2/c1-23(18-21-8-2-9-22-18)17-11-19(25-13-17)7-10-24(14-19)12-15-3-5-16(20)6-4-15;3-2(4,5)1(6)7/h2-6,8-9,17H,7,10-14H2,1H3;(H,6,7). The SMILES string of the molecule is CN(c1ncccn1)C1COC2(CCN(Cc3ccc(F)cc3)C2)C1.O=C(O)C(F)(F)F. The van der Waals surface area contributed by atoms with Gasteiger partial charge in [-0.1, -0.05) is 12.1 Å². The molecule has 1 spiro atoms. The number of likely N-dealkylation sites (N-methyl/N-ethyl adjacent to an activating group) is 1. The molecule has 11 heteroatoms. The molecule has 1 N–H and O–H groups in total. The molecule has 1 aromatic carbocycles. The van der Waals surface area contributed by atoms with E-state index in [-0.39, 0.29) is 11.4 Å². The molecular formula is C21H24F4N4O3. The van der Waals surface area contributed by atoms with Crippen LogP contribution in [0.25, 0.3) is 0 Å². The predicted molar refractivity (Wildman–Crippen MR) is 108 cm³/mol. The average molecular weight is 456 g/mol. The molecule has 4 rings (SSSR count). The Labute approximate surface area is 182 Å². The molecule has 0 aliphatic carbocycles. The van der Waals surface area contributed by atoms with E-state index in [1.807, 2.05) is 25.2 Å². The Morgan fingerprint density at radius 1 is 1.28 bits per heavy atom. The number of carboxylic acid groups (broad SMARTS) is 1. The Morgan fingerprint density at radius 3 is 2.50 bits per heavy atom. The molecule has 2 fully saturated rings. The summed E-state index contributed by atoms with van der Waals surface area (Å²) in [4.78, 5) is 22.1. The van der Waals surface area contributed by atoms with Crippen LogP contribution in [-0.2, 0) is 16.1 Å². The molecule has 2 unspecified atom stereocenters. The number of aliphatic carboxylic acids is 1. The fourth-order valence-electron chi connectivity index (χ4n) is 3.90. The fourth-order valence-corrected chi connectivity index (χ4v) is 3.90. The van der Waals surface area contributed by atoms with E-state index < -0.39 is 12.1 Å². The summed E-state index contributed by atoms with van der Waals surface area (Å²) >= 11 is 0. The number of rotatable bonds is 4. The number of ether oxygens (including phenoxy) is 1. The zero-order valence-electron chi connectivity index (χ0n) is 17.4. The lowest BCUT2D eigenvalue weighted by Gasteiger charge is -2.26. The van der Waals surface area contributed by atoms with Crippen molar-refractivity contribution in [1.82, 2.24) is 14.9 Å². The Morgan fingerprint density at radius 2 is 1.91 bits per heavy atom. The minimum Gasteiger partial charge on any atom is -0.475 e. The third-order valence-electron chi connectivity index (χ3n) is 5.56. The first kappa shape index (κ1) is 23.9. The number of nitrogens with zero attached hydrogens (tertiary/aromatic N) is 4. The van der Waals surface area contributed by atoms with Gasteiger partial charge in [-0.3, -0.25) is 4.90 Å². The number of hydrogen-bond donors (Lipinski definition) is 1. The van der Waals surface area contributed by atoms with Gasteiger partial charge in [0.2, 0.25) is 5.95 Å². The Hall–Kier alpha value is -2.79. The van der Waals surface area contributed by atoms with Crippen LogP contribution in [0.2, 0.25) is 0 Å². The molecule has 2 aliphatic rings. The zero-order chi connectivity index (χ0) is 23.4. The first-order valence-corrected chi connectivity index (χ1v) is 9.99. The highest BCUT2D eigenvalue weighted by Gasteiger charge is 2.46. The number of anilines is 1. The van der Waals surface area contributed by atoms with E-state index >= 15 is 0 Å². The molecule has 7 nitrogen and oxygen atoms in total. The lowest BCUT2D eigenvalue weighted by atomic mass is 9.97. The fraction of sp³-hybridized carbons (Fsp3) is 0.476. The molecule has 1 aromatic heterocycles. The van der Waals surface area contributed by atoms with Gasteiger partial charge >= 0.3 is 12.1 Å². The van der Waals surface area contributed by atoms with Gasteiger partial charge in [-0.15, -0.1) is 0 Å². The molecule has 2 atom stereocenters. The van der Waals surface area contributed by atoms with Crippen LogP contribution in [0.4, 0.5) is 23.5 Å². The number of alkyl halides is 3. The minimum absolute atomic E-state index is 0.0757. The molecule has 2 aliphatic heterocycles. The van der Waals surface area contributed by atoms with Crippen molar-refractivity contribution in [1.29, 1.82) is 0 Å². The molecule has 2 aromatic rings. The average Bonchev–Trinajstić information content (AvgIpc) is 3.36. The summed E-state index contributed by atoms with van der Waals surface area (Å²) in [5.41, 5.74) is 1.07. The summed E-state index contributed by atoms with van der Waals surface area (Å²) < 4.78 is 51.0. The normalized spacial score (nSPS) is 23.1. The Kier molecular flexibility index (Phi) is 7.29. The molecule has 3 heterocycles. The highest BCUT2D eigenvalue weighted by Crippen LogP contribution is 2.37. The monoisotopic (exact) mass is 456 g/mol. The van der Waals surface area contributed by atoms with Gasteiger partial charge in [0.15, 0.2) is 0 Å². The van der Waals surface area contributed by atoms with Gasteiger partial charge in [-0.05, 0) is 30.2 Å². The molecule has 174 valence electrons. The molecule has 0 saturated carbocycles. The molecule has 0 radical (unpaired) electrons. The Bertz CT molecular complexity index is 898. The van der Waals surface area contributed by atoms with Crippen molar-refractivity contribution in [3.63, 3.8) is 0 Å². The van der Waals surface area contributed by atoms with Crippen molar-refractivity contribution in [2.45, 2.75) is 37.2 Å². The maximum Gasteiger partial charge on any atom is 0.490 e. The van der Waals surface area contributed by atoms with Crippen LogP contribution in [-0.4, -0.2) is 70.5 Å². The molecule has 0 amide bonds. The van der Waals surface area contributed by atoms with Gasteiger partial charge in [0.05, 0.1) is 18.2 Å². The number of aromatic nitrogens is 2. The summed E-state index contributed by atoms with van der Waals surface area (Å²) in [6.45, 7) is 3.48. The van der Waals surface area contributed by atoms with Crippen LogP contribution in [0.15, 0.2) is 42.7 Å². The van der Waals surface area contributed by atoms with E-state index in [0.717, 1.165) is 44.0 Å². The van der Waals surface area contributed by atoms with Crippen LogP contribution in [0, 0.1) is 5.82 Å². The minimum atomic E-state index is -5.08. The summed E-state index contributed by atoms with van der Waals surface area (Å²) in [6, 6.07) is 8.90. The lowest BCUT2D eigenvalue weighted by Crippen LogP contribution is -2.36. The molecule has 32 heavy (non-hydrogen) atoms. The highest BCUT2D eigenvalue weighted by molar-refractivity contribution is 5.73. The van der Waals surface area contributed by atoms with Crippen molar-refractivity contribution in [2.75, 3.05) is 31.6 Å². The predicted octanol–water partition coefficient (Wildman–Crippen LogP) is 3.12. The summed E-state index contributed by atoms with van der Waals surface area (Å²) in [6.07, 6.45) is 0.477. The van der Waals surface area contributed by atoms with Gasteiger partial charge in [-0.25, -0.2) is 19.2 Å². The Balaban J connectivity index is 0.000000360. The van der Waals surface area contributed by atoms with Crippen LogP contribution in [0.1, 0.15) is 18.4 Å². The van der Waals surface area contributed by atoms with Gasteiger partial charge in [-0.2, -0.15) is 13.2 Å². The van der Waals surface area contributed by atoms with E-state index in [4.69, 9.17) is 14.6 Å². The lowest BCUT2D eigenvalue weighted by molar-refractivity contribution is -0.192. The van der Waals surface area contributed by atoms with Crippen molar-refractivity contribution in [2.24, 2.45) is 0 Å². The first-order chi connectivity index (χ1) is 15.1. The summed E-state index contributed by atoms with van der Waals surface area (Å²) in [5.74, 6) is -2.20. The van der Waals surface area contributed by atoms with E-state index in [0.29, 0.717) is 12.6 Å². The zero-order valence-corrected chi connectivity index (χ0v) is 17.4. The van der Waals surface area contributed by atoms with Crippen molar-refractivity contribution in [3.8, 4) is 0 Å². The number of carboxylic acids is 1. The second-order valence-electron chi connectivity index (χ2n) is 7.90. The quantitative estimate of drug-likeness (QED) is 0.709. The van der Waals surface area contributed by atoms with E-state index in [1.54, 1.807) is 12.4 Å². The highest BCUT2D eigenvalue weighted by atomic mass is 19.4. The summed E-state index contributed by atoms with van der Waals surface area (Å²) in [5, 5.41) is 7.12. The van der Waals surface area contributed by atoms with Crippen LogP contribution < -0.4 is 4.90 Å². The first-order valence-electron chi connectivity index (χ1n) is 9.99. The maximum absolute atomic E-state index is 13.1. The van der Waals surface area contributed by atoms with Gasteiger partial charge < -0.3 is 14.7 Å². The smallest absolute Gasteiger partial charge is 0.475 e. The van der Waals surface area contributed by atoms with Gasteiger partial charge in [0.25, 0.3) is 0 Å². The van der Waals surface area contributed by atoms with Crippen LogP contribution in [0.5, 0.6) is 0 Å². The molecule has 0 bridgehead atoms. The number of carbonyl (C=O) groups is 1. The molecule has 2 saturated heterocycles. The second kappa shape index (κ2) is 9.78. The third kappa shape index (κ3) is 6.13. The van der Waals surface area contributed by atoms with Crippen LogP contribution >= 0.6 is 0 Å². The van der Waals surface area contributed by atoms with Crippen molar-refractivity contribution < 1.29 is 32.2 Å². The molecular weight excluding hydrogens is 432 g/mol. The van der Waals surface area contributed by atoms with E-state index in [1.165, 1.54) is 12.1 Å².